The summed E-state index contributed by atoms with van der Waals surface area (Å²) in [7, 11) is 0. The summed E-state index contributed by atoms with van der Waals surface area (Å²) in [6, 6.07) is 0. The molecule has 4 rings (SSSR count). The molecule has 0 N–H and O–H groups in total. The molecule has 6 atom stereocenters. The van der Waals surface area contributed by atoms with Crippen molar-refractivity contribution in [1.82, 2.24) is 0 Å². The number of Topliss-reactive ketones (excluding diaryl/α,β-unsaturated/α-hetero) is 1. The van der Waals surface area contributed by atoms with E-state index >= 15 is 0 Å². The normalized spacial score (nSPS) is 51.1. The third-order valence-electron chi connectivity index (χ3n) is 8.58. The molecule has 2 heteroatoms. The van der Waals surface area contributed by atoms with Crippen LogP contribution in [-0.4, -0.2) is 11.6 Å². The first-order valence-electron chi connectivity index (χ1n) is 9.48. The van der Waals surface area contributed by atoms with E-state index in [4.69, 9.17) is 0 Å². The van der Waals surface area contributed by atoms with Gasteiger partial charge in [0.15, 0.2) is 5.78 Å². The lowest BCUT2D eigenvalue weighted by Crippen LogP contribution is -2.56. The minimum absolute atomic E-state index is 0.0475. The van der Waals surface area contributed by atoms with E-state index in [1.54, 1.807) is 0 Å². The highest BCUT2D eigenvalue weighted by atomic mass is 16.1. The zero-order chi connectivity index (χ0) is 16.6. The Morgan fingerprint density at radius 1 is 0.957 bits per heavy atom. The maximum atomic E-state index is 12.5. The van der Waals surface area contributed by atoms with Crippen LogP contribution >= 0.6 is 0 Å². The molecule has 0 aromatic heterocycles. The molecule has 3 fully saturated rings. The summed E-state index contributed by atoms with van der Waals surface area (Å²) in [5, 5.41) is 0. The molecule has 126 valence electrons. The van der Waals surface area contributed by atoms with Gasteiger partial charge in [0.2, 0.25) is 0 Å². The molecular weight excluding hydrogens is 284 g/mol. The first-order chi connectivity index (χ1) is 10.7. The van der Waals surface area contributed by atoms with Crippen LogP contribution in [0, 0.1) is 39.9 Å². The van der Waals surface area contributed by atoms with Crippen molar-refractivity contribution in [1.29, 1.82) is 0 Å². The van der Waals surface area contributed by atoms with Crippen molar-refractivity contribution >= 4 is 11.6 Å². The van der Waals surface area contributed by atoms with Gasteiger partial charge in [0.25, 0.3) is 0 Å². The van der Waals surface area contributed by atoms with Gasteiger partial charge in [0.05, 0.1) is 0 Å². The zero-order valence-electron chi connectivity index (χ0n) is 15.0. The third kappa shape index (κ3) is 1.81. The minimum Gasteiger partial charge on any atom is -0.299 e. The first kappa shape index (κ1) is 15.6. The molecule has 4 aliphatic rings. The van der Waals surface area contributed by atoms with E-state index in [1.807, 2.05) is 6.08 Å². The number of fused-ring (bicyclic) bond motifs is 5. The molecule has 0 saturated heterocycles. The summed E-state index contributed by atoms with van der Waals surface area (Å²) >= 11 is 0. The molecule has 4 aliphatic carbocycles. The Morgan fingerprint density at radius 2 is 1.70 bits per heavy atom. The van der Waals surface area contributed by atoms with E-state index in [-0.39, 0.29) is 16.2 Å². The summed E-state index contributed by atoms with van der Waals surface area (Å²) in [6.07, 6.45) is 10.6. The molecule has 0 aromatic carbocycles. The van der Waals surface area contributed by atoms with Gasteiger partial charge in [-0.1, -0.05) is 33.8 Å². The van der Waals surface area contributed by atoms with Crippen LogP contribution in [0.5, 0.6) is 0 Å². The quantitative estimate of drug-likeness (QED) is 0.656. The highest BCUT2D eigenvalue weighted by molar-refractivity contribution is 5.95. The summed E-state index contributed by atoms with van der Waals surface area (Å²) in [4.78, 5) is 24.9. The van der Waals surface area contributed by atoms with Gasteiger partial charge in [-0.15, -0.1) is 0 Å². The van der Waals surface area contributed by atoms with Gasteiger partial charge in [-0.05, 0) is 67.3 Å². The topological polar surface area (TPSA) is 34.1 Å². The standard InChI is InChI=1S/C21H30O2/c1-19(2)16-7-5-13-14-6-8-18(23)21(14,4)11-9-15(13)20(16,3)12-10-17(19)22/h10,12-16H,5-9,11H2,1-4H3/t13-,14-,15+,16?,20+,21-/m0/s1. The second-order valence-corrected chi connectivity index (χ2v) is 9.71. The number of hydrogen-bond acceptors (Lipinski definition) is 2. The van der Waals surface area contributed by atoms with Crippen LogP contribution in [0.4, 0.5) is 0 Å². The Labute approximate surface area is 140 Å². The Morgan fingerprint density at radius 3 is 2.43 bits per heavy atom. The van der Waals surface area contributed by atoms with Gasteiger partial charge in [-0.2, -0.15) is 0 Å². The van der Waals surface area contributed by atoms with Gasteiger partial charge in [0, 0.05) is 17.3 Å². The molecule has 0 spiro atoms. The van der Waals surface area contributed by atoms with Gasteiger partial charge in [-0.25, -0.2) is 0 Å². The van der Waals surface area contributed by atoms with Crippen LogP contribution in [0.15, 0.2) is 12.2 Å². The molecule has 0 aromatic rings. The van der Waals surface area contributed by atoms with E-state index in [0.717, 1.165) is 32.1 Å². The van der Waals surface area contributed by atoms with Crippen LogP contribution in [0.3, 0.4) is 0 Å². The van der Waals surface area contributed by atoms with E-state index in [9.17, 15) is 9.59 Å². The molecular formula is C21H30O2. The average Bonchev–Trinajstić information content (AvgIpc) is 2.79. The lowest BCUT2D eigenvalue weighted by atomic mass is 9.43. The van der Waals surface area contributed by atoms with Crippen molar-refractivity contribution < 1.29 is 9.59 Å². The summed E-state index contributed by atoms with van der Waals surface area (Å²) in [5.41, 5.74) is -0.151. The van der Waals surface area contributed by atoms with E-state index in [1.165, 1.54) is 6.42 Å². The molecule has 0 radical (unpaired) electrons. The van der Waals surface area contributed by atoms with E-state index in [0.29, 0.717) is 35.2 Å². The monoisotopic (exact) mass is 314 g/mol. The number of carbonyl (C=O) groups excluding carboxylic acids is 2. The molecule has 3 saturated carbocycles. The Balaban J connectivity index is 1.73. The number of rotatable bonds is 0. The van der Waals surface area contributed by atoms with Gasteiger partial charge < -0.3 is 0 Å². The van der Waals surface area contributed by atoms with Gasteiger partial charge in [-0.3, -0.25) is 9.59 Å². The Bertz CT molecular complexity index is 601. The van der Waals surface area contributed by atoms with Gasteiger partial charge >= 0.3 is 0 Å². The van der Waals surface area contributed by atoms with Crippen LogP contribution in [-0.2, 0) is 9.59 Å². The number of ketones is 2. The molecule has 0 amide bonds. The number of allylic oxidation sites excluding steroid dienone is 2. The average molecular weight is 314 g/mol. The molecule has 23 heavy (non-hydrogen) atoms. The molecule has 0 aliphatic heterocycles. The fourth-order valence-electron chi connectivity index (χ4n) is 7.18. The molecule has 0 heterocycles. The Kier molecular flexibility index (Phi) is 3.11. The maximum Gasteiger partial charge on any atom is 0.161 e. The van der Waals surface area contributed by atoms with Crippen molar-refractivity contribution in [3.63, 3.8) is 0 Å². The largest absolute Gasteiger partial charge is 0.299 e. The highest BCUT2D eigenvalue weighted by Gasteiger charge is 2.62. The van der Waals surface area contributed by atoms with E-state index < -0.39 is 0 Å². The highest BCUT2D eigenvalue weighted by Crippen LogP contribution is 2.66. The van der Waals surface area contributed by atoms with Crippen LogP contribution in [0.25, 0.3) is 0 Å². The predicted molar refractivity (Wildman–Crippen MR) is 90.8 cm³/mol. The van der Waals surface area contributed by atoms with Crippen molar-refractivity contribution in [2.75, 3.05) is 0 Å². The van der Waals surface area contributed by atoms with Crippen LogP contribution in [0.2, 0.25) is 0 Å². The third-order valence-corrected chi connectivity index (χ3v) is 8.58. The van der Waals surface area contributed by atoms with Crippen molar-refractivity contribution in [2.45, 2.75) is 66.2 Å². The van der Waals surface area contributed by atoms with Crippen LogP contribution < -0.4 is 0 Å². The van der Waals surface area contributed by atoms with Crippen LogP contribution in [0.1, 0.15) is 66.2 Å². The summed E-state index contributed by atoms with van der Waals surface area (Å²) in [5.74, 6) is 3.18. The molecule has 0 bridgehead atoms. The van der Waals surface area contributed by atoms with E-state index in [2.05, 4.69) is 33.8 Å². The fraction of sp³-hybridized carbons (Fsp3) is 0.810. The number of hydrogen-bond donors (Lipinski definition) is 0. The second kappa shape index (κ2) is 4.58. The maximum absolute atomic E-state index is 12.5. The SMILES string of the molecule is CC1(C)C(=O)C=C[C@@]2(C)C1CC[C@@H]1[C@H]2CC[C@]2(C)C(=O)CC[C@@H]12. The smallest absolute Gasteiger partial charge is 0.161 e. The predicted octanol–water partition coefficient (Wildman–Crippen LogP) is 4.58. The summed E-state index contributed by atoms with van der Waals surface area (Å²) < 4.78 is 0. The second-order valence-electron chi connectivity index (χ2n) is 9.71. The van der Waals surface area contributed by atoms with Gasteiger partial charge in [0.1, 0.15) is 5.78 Å². The van der Waals surface area contributed by atoms with Crippen molar-refractivity contribution in [3.05, 3.63) is 12.2 Å². The molecule has 2 nitrogen and oxygen atoms in total. The summed E-state index contributed by atoms with van der Waals surface area (Å²) in [6.45, 7) is 8.93. The Hall–Kier alpha value is -0.920. The lowest BCUT2D eigenvalue weighted by molar-refractivity contribution is -0.144. The fourth-order valence-corrected chi connectivity index (χ4v) is 7.18. The minimum atomic E-state index is -0.235. The first-order valence-corrected chi connectivity index (χ1v) is 9.48. The lowest BCUT2D eigenvalue weighted by Gasteiger charge is -2.60. The molecule has 1 unspecified atom stereocenters. The zero-order valence-corrected chi connectivity index (χ0v) is 15.0. The number of carbonyl (C=O) groups is 2. The van der Waals surface area contributed by atoms with Crippen molar-refractivity contribution in [2.24, 2.45) is 39.9 Å². The van der Waals surface area contributed by atoms with Crippen molar-refractivity contribution in [3.8, 4) is 0 Å².